The maximum Gasteiger partial charge on any atom is 0.289 e. The van der Waals surface area contributed by atoms with Gasteiger partial charge >= 0.3 is 0 Å². The van der Waals surface area contributed by atoms with E-state index in [4.69, 9.17) is 6.42 Å². The standard InChI is InChI=1S/C14H17F2N3O/c1-3-13(20)4-5-14(15,16)12-10-7-17-9(2)6-11(10)18-19(12)8-13/h1,9,17,20H,4-8H2,2H3/t9-,13+/m1/s1. The van der Waals surface area contributed by atoms with Crippen LogP contribution in [0, 0.1) is 12.3 Å². The summed E-state index contributed by atoms with van der Waals surface area (Å²) in [5.41, 5.74) is -0.387. The van der Waals surface area contributed by atoms with Crippen LogP contribution in [0.3, 0.4) is 0 Å². The average Bonchev–Trinajstić information content (AvgIpc) is 2.69. The van der Waals surface area contributed by atoms with Crippen molar-refractivity contribution in [3.63, 3.8) is 0 Å². The smallest absolute Gasteiger partial charge is 0.289 e. The van der Waals surface area contributed by atoms with Crippen molar-refractivity contribution in [1.29, 1.82) is 0 Å². The largest absolute Gasteiger partial charge is 0.376 e. The molecule has 20 heavy (non-hydrogen) atoms. The summed E-state index contributed by atoms with van der Waals surface area (Å²) in [5.74, 6) is -0.776. The Morgan fingerprint density at radius 3 is 2.95 bits per heavy atom. The molecule has 3 rings (SSSR count). The maximum absolute atomic E-state index is 14.4. The first-order chi connectivity index (χ1) is 9.35. The molecule has 2 N–H and O–H groups in total. The number of aromatic nitrogens is 2. The number of halogens is 2. The zero-order valence-corrected chi connectivity index (χ0v) is 11.3. The van der Waals surface area contributed by atoms with Crippen LogP contribution in [-0.2, 0) is 25.4 Å². The van der Waals surface area contributed by atoms with Gasteiger partial charge < -0.3 is 10.4 Å². The summed E-state index contributed by atoms with van der Waals surface area (Å²) in [4.78, 5) is 0. The summed E-state index contributed by atoms with van der Waals surface area (Å²) in [6.45, 7) is 2.30. The second-order valence-corrected chi connectivity index (χ2v) is 5.80. The Kier molecular flexibility index (Phi) is 2.89. The molecule has 108 valence electrons. The zero-order valence-electron chi connectivity index (χ0n) is 11.3. The van der Waals surface area contributed by atoms with E-state index < -0.39 is 17.9 Å². The molecule has 0 saturated carbocycles. The number of aliphatic hydroxyl groups is 1. The fraction of sp³-hybridized carbons (Fsp3) is 0.643. The number of nitrogens with one attached hydrogen (secondary N) is 1. The van der Waals surface area contributed by atoms with Crippen LogP contribution in [0.2, 0.25) is 0 Å². The normalized spacial score (nSPS) is 31.9. The summed E-state index contributed by atoms with van der Waals surface area (Å²) < 4.78 is 30.0. The average molecular weight is 281 g/mol. The van der Waals surface area contributed by atoms with Crippen LogP contribution in [0.15, 0.2) is 0 Å². The third-order valence-corrected chi connectivity index (χ3v) is 4.14. The highest BCUT2D eigenvalue weighted by molar-refractivity contribution is 5.33. The molecule has 6 heteroatoms. The van der Waals surface area contributed by atoms with Crippen molar-refractivity contribution >= 4 is 0 Å². The zero-order chi connectivity index (χ0) is 14.5. The molecule has 2 atom stereocenters. The van der Waals surface area contributed by atoms with Crippen molar-refractivity contribution in [2.45, 2.75) is 56.8 Å². The van der Waals surface area contributed by atoms with Crippen molar-refractivity contribution < 1.29 is 13.9 Å². The summed E-state index contributed by atoms with van der Waals surface area (Å²) in [6, 6.07) is 0.210. The quantitative estimate of drug-likeness (QED) is 0.702. The molecule has 0 amide bonds. The number of nitrogens with zero attached hydrogens (tertiary/aromatic N) is 2. The molecular formula is C14H17F2N3O. The van der Waals surface area contributed by atoms with E-state index in [0.717, 1.165) is 0 Å². The van der Waals surface area contributed by atoms with Gasteiger partial charge in [-0.15, -0.1) is 6.42 Å². The van der Waals surface area contributed by atoms with Gasteiger partial charge in [0.25, 0.3) is 5.92 Å². The van der Waals surface area contributed by atoms with Gasteiger partial charge in [-0.2, -0.15) is 13.9 Å². The van der Waals surface area contributed by atoms with Gasteiger partial charge in [0.1, 0.15) is 11.3 Å². The topological polar surface area (TPSA) is 50.1 Å². The highest BCUT2D eigenvalue weighted by Gasteiger charge is 2.46. The molecule has 2 aliphatic rings. The predicted octanol–water partition coefficient (Wildman–Crippen LogP) is 1.17. The second-order valence-electron chi connectivity index (χ2n) is 5.80. The van der Waals surface area contributed by atoms with Crippen LogP contribution in [0.1, 0.15) is 36.7 Å². The van der Waals surface area contributed by atoms with Gasteiger partial charge in [0.05, 0.1) is 12.2 Å². The number of alkyl halides is 2. The third-order valence-electron chi connectivity index (χ3n) is 4.14. The highest BCUT2D eigenvalue weighted by Crippen LogP contribution is 2.41. The van der Waals surface area contributed by atoms with Gasteiger partial charge in [-0.1, -0.05) is 5.92 Å². The van der Waals surface area contributed by atoms with Gasteiger partial charge in [0.15, 0.2) is 0 Å². The van der Waals surface area contributed by atoms with E-state index >= 15 is 0 Å². The lowest BCUT2D eigenvalue weighted by molar-refractivity contribution is -0.0297. The minimum absolute atomic E-state index is 0.0736. The fourth-order valence-corrected chi connectivity index (χ4v) is 2.99. The lowest BCUT2D eigenvalue weighted by atomic mass is 9.95. The van der Waals surface area contributed by atoms with Crippen molar-refractivity contribution in [2.75, 3.05) is 0 Å². The van der Waals surface area contributed by atoms with Crippen molar-refractivity contribution in [2.24, 2.45) is 0 Å². The second kappa shape index (κ2) is 4.27. The lowest BCUT2D eigenvalue weighted by Gasteiger charge is -2.22. The molecule has 0 saturated heterocycles. The number of fused-ring (bicyclic) bond motifs is 3. The number of rotatable bonds is 0. The van der Waals surface area contributed by atoms with E-state index in [9.17, 15) is 13.9 Å². The number of hydrogen-bond donors (Lipinski definition) is 2. The molecule has 2 aliphatic heterocycles. The molecule has 0 radical (unpaired) electrons. The van der Waals surface area contributed by atoms with Gasteiger partial charge in [-0.05, 0) is 13.3 Å². The van der Waals surface area contributed by atoms with Gasteiger partial charge in [0, 0.05) is 31.0 Å². The van der Waals surface area contributed by atoms with E-state index in [2.05, 4.69) is 16.3 Å². The molecule has 1 aromatic rings. The molecule has 0 spiro atoms. The molecule has 1 aromatic heterocycles. The molecule has 4 nitrogen and oxygen atoms in total. The van der Waals surface area contributed by atoms with Crippen LogP contribution < -0.4 is 5.32 Å². The Balaban J connectivity index is 2.12. The SMILES string of the molecule is C#C[C@]1(O)CCC(F)(F)c2c3c(nn2C1)C[C@@H](C)NC3. The minimum atomic E-state index is -3.01. The number of hydrogen-bond acceptors (Lipinski definition) is 3. The van der Waals surface area contributed by atoms with Crippen LogP contribution in [0.25, 0.3) is 0 Å². The Bertz CT molecular complexity index is 590. The summed E-state index contributed by atoms with van der Waals surface area (Å²) in [6.07, 6.45) is 5.33. The van der Waals surface area contributed by atoms with E-state index in [-0.39, 0.29) is 24.7 Å². The van der Waals surface area contributed by atoms with Crippen LogP contribution in [-0.4, -0.2) is 26.5 Å². The molecular weight excluding hydrogens is 264 g/mol. The van der Waals surface area contributed by atoms with Crippen LogP contribution >= 0.6 is 0 Å². The Hall–Kier alpha value is -1.45. The molecule has 3 heterocycles. The first kappa shape index (κ1) is 13.5. The van der Waals surface area contributed by atoms with E-state index in [1.807, 2.05) is 6.92 Å². The third kappa shape index (κ3) is 2.02. The van der Waals surface area contributed by atoms with Crippen LogP contribution in [0.5, 0.6) is 0 Å². The number of terminal acetylenes is 1. The highest BCUT2D eigenvalue weighted by atomic mass is 19.3. The van der Waals surface area contributed by atoms with Gasteiger partial charge in [-0.3, -0.25) is 4.68 Å². The Morgan fingerprint density at radius 1 is 1.50 bits per heavy atom. The van der Waals surface area contributed by atoms with Crippen LogP contribution in [0.4, 0.5) is 8.78 Å². The predicted molar refractivity (Wildman–Crippen MR) is 69.1 cm³/mol. The lowest BCUT2D eigenvalue weighted by Crippen LogP contribution is -2.34. The molecule has 0 fully saturated rings. The first-order valence-electron chi connectivity index (χ1n) is 6.75. The van der Waals surface area contributed by atoms with E-state index in [1.54, 1.807) is 0 Å². The Labute approximate surface area is 116 Å². The maximum atomic E-state index is 14.4. The van der Waals surface area contributed by atoms with Crippen molar-refractivity contribution in [1.82, 2.24) is 15.1 Å². The summed E-state index contributed by atoms with van der Waals surface area (Å²) in [7, 11) is 0. The fourth-order valence-electron chi connectivity index (χ4n) is 2.99. The monoisotopic (exact) mass is 281 g/mol. The molecule has 0 aliphatic carbocycles. The van der Waals surface area contributed by atoms with Gasteiger partial charge in [0.2, 0.25) is 0 Å². The minimum Gasteiger partial charge on any atom is -0.376 e. The molecule has 0 unspecified atom stereocenters. The summed E-state index contributed by atoms with van der Waals surface area (Å²) >= 11 is 0. The Morgan fingerprint density at radius 2 is 2.25 bits per heavy atom. The van der Waals surface area contributed by atoms with Crippen molar-refractivity contribution in [3.05, 3.63) is 17.0 Å². The summed E-state index contributed by atoms with van der Waals surface area (Å²) in [5, 5.41) is 17.7. The first-order valence-corrected chi connectivity index (χ1v) is 6.75. The molecule has 0 bridgehead atoms. The van der Waals surface area contributed by atoms with E-state index in [1.165, 1.54) is 4.68 Å². The van der Waals surface area contributed by atoms with E-state index in [0.29, 0.717) is 24.2 Å². The van der Waals surface area contributed by atoms with Crippen molar-refractivity contribution in [3.8, 4) is 12.3 Å². The molecule has 0 aromatic carbocycles. The van der Waals surface area contributed by atoms with Gasteiger partial charge in [-0.25, -0.2) is 0 Å².